The maximum atomic E-state index is 12.7. The summed E-state index contributed by atoms with van der Waals surface area (Å²) >= 11 is 12.6. The van der Waals surface area contributed by atoms with E-state index < -0.39 is 11.8 Å². The number of hydrogen-bond donors (Lipinski definition) is 2. The van der Waals surface area contributed by atoms with Crippen LogP contribution in [0.15, 0.2) is 78.4 Å². The molecule has 3 amide bonds. The van der Waals surface area contributed by atoms with Gasteiger partial charge in [-0.05, 0) is 48.0 Å². The molecule has 33 heavy (non-hydrogen) atoms. The van der Waals surface area contributed by atoms with Crippen LogP contribution in [0.3, 0.4) is 0 Å². The van der Waals surface area contributed by atoms with E-state index in [1.165, 1.54) is 23.2 Å². The summed E-state index contributed by atoms with van der Waals surface area (Å²) in [6.07, 6.45) is 1.39. The molecule has 0 spiro atoms. The quantitative estimate of drug-likeness (QED) is 0.401. The van der Waals surface area contributed by atoms with Gasteiger partial charge in [0.15, 0.2) is 12.4 Å². The van der Waals surface area contributed by atoms with Crippen LogP contribution in [0.1, 0.15) is 5.56 Å². The molecular weight excluding hydrogens is 465 g/mol. The molecular formula is C24H17Cl2N3O4. The second-order valence-electron chi connectivity index (χ2n) is 6.99. The van der Waals surface area contributed by atoms with Crippen molar-refractivity contribution in [2.45, 2.75) is 0 Å². The fourth-order valence-electron chi connectivity index (χ4n) is 3.14. The first-order valence-corrected chi connectivity index (χ1v) is 10.6. The highest BCUT2D eigenvalue weighted by atomic mass is 35.5. The highest BCUT2D eigenvalue weighted by molar-refractivity contribution is 6.37. The number of amides is 3. The number of carbonyl (C=O) groups excluding carboxylic acids is 3. The predicted molar refractivity (Wildman–Crippen MR) is 127 cm³/mol. The molecule has 0 unspecified atom stereocenters. The summed E-state index contributed by atoms with van der Waals surface area (Å²) in [6, 6.07) is 20.7. The molecule has 1 fully saturated rings. The van der Waals surface area contributed by atoms with Crippen LogP contribution >= 0.6 is 23.2 Å². The Morgan fingerprint density at radius 3 is 2.21 bits per heavy atom. The number of halogens is 2. The number of rotatable bonds is 6. The molecule has 0 atom stereocenters. The van der Waals surface area contributed by atoms with Gasteiger partial charge in [-0.15, -0.1) is 0 Å². The molecule has 166 valence electrons. The van der Waals surface area contributed by atoms with Gasteiger partial charge in [-0.2, -0.15) is 0 Å². The molecule has 1 heterocycles. The van der Waals surface area contributed by atoms with E-state index in [0.29, 0.717) is 16.9 Å². The zero-order valence-electron chi connectivity index (χ0n) is 17.0. The van der Waals surface area contributed by atoms with E-state index in [9.17, 15) is 14.4 Å². The first kappa shape index (κ1) is 22.4. The van der Waals surface area contributed by atoms with E-state index in [2.05, 4.69) is 10.7 Å². The molecule has 4 rings (SSSR count). The number of anilines is 2. The smallest absolute Gasteiger partial charge is 0.282 e. The van der Waals surface area contributed by atoms with Gasteiger partial charge in [-0.25, -0.2) is 5.01 Å². The lowest BCUT2D eigenvalue weighted by molar-refractivity contribution is -0.118. The Hall–Kier alpha value is -3.81. The molecule has 0 aliphatic carbocycles. The van der Waals surface area contributed by atoms with Gasteiger partial charge in [0, 0.05) is 5.69 Å². The van der Waals surface area contributed by atoms with Gasteiger partial charge in [0.05, 0.1) is 15.7 Å². The normalized spacial score (nSPS) is 14.4. The van der Waals surface area contributed by atoms with E-state index in [4.69, 9.17) is 27.9 Å². The van der Waals surface area contributed by atoms with Crippen LogP contribution in [-0.4, -0.2) is 24.3 Å². The Kier molecular flexibility index (Phi) is 6.63. The molecule has 0 aromatic heterocycles. The third-order valence-corrected chi connectivity index (χ3v) is 5.20. The minimum atomic E-state index is -0.547. The molecule has 3 aromatic carbocycles. The van der Waals surface area contributed by atoms with E-state index in [1.807, 2.05) is 12.1 Å². The van der Waals surface area contributed by atoms with Gasteiger partial charge in [-0.3, -0.25) is 19.8 Å². The summed E-state index contributed by atoms with van der Waals surface area (Å²) in [7, 11) is 0. The van der Waals surface area contributed by atoms with Crippen molar-refractivity contribution >= 4 is 58.4 Å². The van der Waals surface area contributed by atoms with Crippen LogP contribution in [0.2, 0.25) is 10.0 Å². The second-order valence-corrected chi connectivity index (χ2v) is 7.81. The summed E-state index contributed by atoms with van der Waals surface area (Å²) in [5, 5.41) is 4.12. The molecule has 1 aliphatic heterocycles. The summed E-state index contributed by atoms with van der Waals surface area (Å²) in [5.74, 6) is -1.31. The molecule has 2 N–H and O–H groups in total. The molecule has 1 aliphatic rings. The van der Waals surface area contributed by atoms with E-state index in [0.717, 1.165) is 0 Å². The number of hydrazine groups is 1. The number of ether oxygens (including phenoxy) is 1. The lowest BCUT2D eigenvalue weighted by Crippen LogP contribution is -2.35. The summed E-state index contributed by atoms with van der Waals surface area (Å²) in [6.45, 7) is -0.304. The Balaban J connectivity index is 1.48. The van der Waals surface area contributed by atoms with Gasteiger partial charge < -0.3 is 10.1 Å². The fraction of sp³-hybridized carbons (Fsp3) is 0.0417. The van der Waals surface area contributed by atoms with Crippen molar-refractivity contribution in [3.05, 3.63) is 94.0 Å². The molecule has 3 aromatic rings. The largest absolute Gasteiger partial charge is 0.481 e. The zero-order valence-corrected chi connectivity index (χ0v) is 18.6. The van der Waals surface area contributed by atoms with Crippen LogP contribution in [0.4, 0.5) is 11.4 Å². The molecule has 0 bridgehead atoms. The SMILES string of the molecule is O=C(COc1c(Cl)cc(/C=C2/C(=O)NN(c3ccccc3)C2=O)cc1Cl)Nc1ccccc1. The van der Waals surface area contributed by atoms with Crippen LogP contribution in [0.25, 0.3) is 6.08 Å². The monoisotopic (exact) mass is 481 g/mol. The first-order chi connectivity index (χ1) is 15.9. The van der Waals surface area contributed by atoms with Crippen molar-refractivity contribution in [1.82, 2.24) is 5.43 Å². The van der Waals surface area contributed by atoms with Crippen molar-refractivity contribution < 1.29 is 19.1 Å². The van der Waals surface area contributed by atoms with Gasteiger partial charge in [-0.1, -0.05) is 59.6 Å². The van der Waals surface area contributed by atoms with Crippen molar-refractivity contribution in [2.24, 2.45) is 0 Å². The molecule has 0 radical (unpaired) electrons. The maximum Gasteiger partial charge on any atom is 0.282 e. The molecule has 1 saturated heterocycles. The summed E-state index contributed by atoms with van der Waals surface area (Å²) in [5.41, 5.74) is 4.06. The minimum absolute atomic E-state index is 0.0677. The van der Waals surface area contributed by atoms with Crippen molar-refractivity contribution in [3.8, 4) is 5.75 Å². The summed E-state index contributed by atoms with van der Waals surface area (Å²) < 4.78 is 5.49. The Morgan fingerprint density at radius 2 is 1.58 bits per heavy atom. The second kappa shape index (κ2) is 9.77. The highest BCUT2D eigenvalue weighted by Crippen LogP contribution is 2.35. The van der Waals surface area contributed by atoms with E-state index in [1.54, 1.807) is 48.5 Å². The van der Waals surface area contributed by atoms with Crippen LogP contribution in [0.5, 0.6) is 5.75 Å². The summed E-state index contributed by atoms with van der Waals surface area (Å²) in [4.78, 5) is 37.2. The van der Waals surface area contributed by atoms with Gasteiger partial charge in [0.25, 0.3) is 17.7 Å². The van der Waals surface area contributed by atoms with Crippen LogP contribution in [-0.2, 0) is 14.4 Å². The Labute approximate surface area is 199 Å². The Bertz CT molecular complexity index is 1220. The minimum Gasteiger partial charge on any atom is -0.481 e. The van der Waals surface area contributed by atoms with Gasteiger partial charge in [0.1, 0.15) is 5.57 Å². The van der Waals surface area contributed by atoms with Gasteiger partial charge >= 0.3 is 0 Å². The predicted octanol–water partition coefficient (Wildman–Crippen LogP) is 4.47. The van der Waals surface area contributed by atoms with E-state index >= 15 is 0 Å². The number of hydrogen-bond acceptors (Lipinski definition) is 4. The average Bonchev–Trinajstić information content (AvgIpc) is 3.08. The third kappa shape index (κ3) is 5.16. The number of nitrogens with one attached hydrogen (secondary N) is 2. The topological polar surface area (TPSA) is 87.7 Å². The van der Waals surface area contributed by atoms with E-state index in [-0.39, 0.29) is 33.9 Å². The van der Waals surface area contributed by atoms with Crippen molar-refractivity contribution in [3.63, 3.8) is 0 Å². The van der Waals surface area contributed by atoms with Crippen LogP contribution in [0, 0.1) is 0 Å². The third-order valence-electron chi connectivity index (χ3n) is 4.64. The number of para-hydroxylation sites is 2. The number of benzene rings is 3. The van der Waals surface area contributed by atoms with Gasteiger partial charge in [0.2, 0.25) is 0 Å². The number of carbonyl (C=O) groups is 3. The highest BCUT2D eigenvalue weighted by Gasteiger charge is 2.34. The molecule has 9 heteroatoms. The first-order valence-electron chi connectivity index (χ1n) is 9.81. The zero-order chi connectivity index (χ0) is 23.4. The van der Waals surface area contributed by atoms with Crippen LogP contribution < -0.4 is 20.5 Å². The lowest BCUT2D eigenvalue weighted by Gasteiger charge is -2.14. The fourth-order valence-corrected chi connectivity index (χ4v) is 3.75. The Morgan fingerprint density at radius 1 is 0.970 bits per heavy atom. The lowest BCUT2D eigenvalue weighted by atomic mass is 10.1. The molecule has 0 saturated carbocycles. The van der Waals surface area contributed by atoms with Crippen molar-refractivity contribution in [2.75, 3.05) is 16.9 Å². The molecule has 7 nitrogen and oxygen atoms in total. The standard InChI is InChI=1S/C24H17Cl2N3O4/c25-19-12-15(11-18-23(31)28-29(24(18)32)17-9-5-2-6-10-17)13-20(26)22(19)33-14-21(30)27-16-7-3-1-4-8-16/h1-13H,14H2,(H,27,30)(H,28,31)/b18-11-. The van der Waals surface area contributed by atoms with Crippen molar-refractivity contribution in [1.29, 1.82) is 0 Å². The maximum absolute atomic E-state index is 12.7. The average molecular weight is 482 g/mol. The number of nitrogens with zero attached hydrogens (tertiary/aromatic N) is 1.